The summed E-state index contributed by atoms with van der Waals surface area (Å²) in [5.41, 5.74) is 2.72. The van der Waals surface area contributed by atoms with Crippen LogP contribution < -0.4 is 10.6 Å². The van der Waals surface area contributed by atoms with Crippen molar-refractivity contribution < 1.29 is 9.59 Å². The Morgan fingerprint density at radius 1 is 1.08 bits per heavy atom. The normalized spacial score (nSPS) is 14.8. The Kier molecular flexibility index (Phi) is 3.96. The maximum atomic E-state index is 13.0. The summed E-state index contributed by atoms with van der Waals surface area (Å²) >= 11 is 6.14. The Morgan fingerprint density at radius 2 is 1.81 bits per heavy atom. The maximum absolute atomic E-state index is 13.0. The van der Waals surface area contributed by atoms with Gasteiger partial charge >= 0.3 is 0 Å². The molecular formula is C20H18ClN3O2. The molecule has 1 aliphatic carbocycles. The molecule has 1 fully saturated rings. The van der Waals surface area contributed by atoms with Crippen molar-refractivity contribution in [3.8, 4) is 0 Å². The molecule has 0 unspecified atom stereocenters. The van der Waals surface area contributed by atoms with Gasteiger partial charge in [0.05, 0.1) is 5.41 Å². The number of anilines is 2. The third-order valence-corrected chi connectivity index (χ3v) is 5.02. The van der Waals surface area contributed by atoms with Gasteiger partial charge in [-0.3, -0.25) is 9.59 Å². The van der Waals surface area contributed by atoms with Gasteiger partial charge in [0.15, 0.2) is 0 Å². The fourth-order valence-electron chi connectivity index (χ4n) is 3.36. The number of hydrogen-bond acceptors (Lipinski definition) is 2. The molecule has 1 aromatic heterocycles. The first kappa shape index (κ1) is 16.7. The number of aromatic amines is 1. The summed E-state index contributed by atoms with van der Waals surface area (Å²) in [6.07, 6.45) is 3.49. The van der Waals surface area contributed by atoms with Gasteiger partial charge in [-0.1, -0.05) is 17.7 Å². The van der Waals surface area contributed by atoms with Crippen LogP contribution in [0.25, 0.3) is 10.9 Å². The number of carbonyl (C=O) groups excluding carboxylic acids is 2. The molecule has 6 heteroatoms. The summed E-state index contributed by atoms with van der Waals surface area (Å²) in [4.78, 5) is 27.4. The summed E-state index contributed by atoms with van der Waals surface area (Å²) in [6.45, 7) is 1.45. The van der Waals surface area contributed by atoms with Gasteiger partial charge < -0.3 is 15.6 Å². The average molecular weight is 368 g/mol. The highest BCUT2D eigenvalue weighted by molar-refractivity contribution is 6.31. The van der Waals surface area contributed by atoms with E-state index < -0.39 is 5.41 Å². The third-order valence-electron chi connectivity index (χ3n) is 4.78. The van der Waals surface area contributed by atoms with Crippen LogP contribution in [0, 0.1) is 0 Å². The molecule has 0 atom stereocenters. The zero-order valence-corrected chi connectivity index (χ0v) is 15.0. The van der Waals surface area contributed by atoms with Crippen molar-refractivity contribution in [2.24, 2.45) is 0 Å². The number of H-pyrrole nitrogens is 1. The maximum Gasteiger partial charge on any atom is 0.235 e. The third kappa shape index (κ3) is 2.95. The molecular weight excluding hydrogens is 350 g/mol. The quantitative estimate of drug-likeness (QED) is 0.637. The molecule has 0 radical (unpaired) electrons. The molecule has 0 aliphatic heterocycles. The molecule has 3 N–H and O–H groups in total. The number of halogens is 1. The van der Waals surface area contributed by atoms with E-state index in [4.69, 9.17) is 11.6 Å². The Bertz CT molecular complexity index is 1020. The standard InChI is InChI=1S/C20H18ClN3O2/c1-12(25)23-14-3-2-4-15(10-14)24-19(26)20(7-8-20)17-11-22-18-6-5-13(21)9-16(17)18/h2-6,9-11,22H,7-8H2,1H3,(H,23,25)(H,24,26). The summed E-state index contributed by atoms with van der Waals surface area (Å²) in [5.74, 6) is -0.193. The van der Waals surface area contributed by atoms with Crippen LogP contribution in [-0.4, -0.2) is 16.8 Å². The molecule has 0 bridgehead atoms. The minimum Gasteiger partial charge on any atom is -0.361 e. The van der Waals surface area contributed by atoms with E-state index in [0.29, 0.717) is 16.4 Å². The van der Waals surface area contributed by atoms with E-state index in [0.717, 1.165) is 29.3 Å². The highest BCUT2D eigenvalue weighted by atomic mass is 35.5. The molecule has 0 spiro atoms. The van der Waals surface area contributed by atoms with Gasteiger partial charge in [-0.05, 0) is 54.8 Å². The molecule has 1 aliphatic rings. The smallest absolute Gasteiger partial charge is 0.235 e. The topological polar surface area (TPSA) is 74.0 Å². The summed E-state index contributed by atoms with van der Waals surface area (Å²) in [5, 5.41) is 7.34. The number of aromatic nitrogens is 1. The summed E-state index contributed by atoms with van der Waals surface area (Å²) in [7, 11) is 0. The molecule has 26 heavy (non-hydrogen) atoms. The number of benzene rings is 2. The lowest BCUT2D eigenvalue weighted by molar-refractivity contribution is -0.118. The SMILES string of the molecule is CC(=O)Nc1cccc(NC(=O)C2(c3c[nH]c4ccc(Cl)cc34)CC2)c1. The minimum absolute atomic E-state index is 0.0432. The molecule has 1 heterocycles. The van der Waals surface area contributed by atoms with Crippen LogP contribution in [0.3, 0.4) is 0 Å². The molecule has 1 saturated carbocycles. The molecule has 2 aromatic carbocycles. The van der Waals surface area contributed by atoms with Gasteiger partial charge in [0.1, 0.15) is 0 Å². The number of rotatable bonds is 4. The molecule has 132 valence electrons. The van der Waals surface area contributed by atoms with E-state index in [9.17, 15) is 9.59 Å². The lowest BCUT2D eigenvalue weighted by Gasteiger charge is -2.15. The fraction of sp³-hybridized carbons (Fsp3) is 0.200. The van der Waals surface area contributed by atoms with Crippen molar-refractivity contribution in [3.63, 3.8) is 0 Å². The van der Waals surface area contributed by atoms with Crippen LogP contribution in [0.15, 0.2) is 48.7 Å². The van der Waals surface area contributed by atoms with Crippen LogP contribution in [0.1, 0.15) is 25.3 Å². The van der Waals surface area contributed by atoms with Crippen molar-refractivity contribution >= 4 is 45.7 Å². The van der Waals surface area contributed by atoms with E-state index in [1.807, 2.05) is 30.5 Å². The Balaban J connectivity index is 1.61. The van der Waals surface area contributed by atoms with Crippen LogP contribution in [0.2, 0.25) is 5.02 Å². The van der Waals surface area contributed by atoms with Crippen molar-refractivity contribution in [1.29, 1.82) is 0 Å². The second-order valence-electron chi connectivity index (χ2n) is 6.69. The number of fused-ring (bicyclic) bond motifs is 1. The monoisotopic (exact) mass is 367 g/mol. The number of carbonyl (C=O) groups is 2. The van der Waals surface area contributed by atoms with Crippen LogP contribution >= 0.6 is 11.6 Å². The molecule has 5 nitrogen and oxygen atoms in total. The molecule has 3 aromatic rings. The van der Waals surface area contributed by atoms with Crippen molar-refractivity contribution in [2.45, 2.75) is 25.2 Å². The molecule has 2 amide bonds. The predicted molar refractivity (Wildman–Crippen MR) is 104 cm³/mol. The van der Waals surface area contributed by atoms with Gasteiger partial charge in [0.2, 0.25) is 11.8 Å². The Hall–Kier alpha value is -2.79. The van der Waals surface area contributed by atoms with E-state index in [1.54, 1.807) is 18.2 Å². The second kappa shape index (κ2) is 6.18. The molecule has 0 saturated heterocycles. The van der Waals surface area contributed by atoms with E-state index in [-0.39, 0.29) is 11.8 Å². The highest BCUT2D eigenvalue weighted by Crippen LogP contribution is 2.51. The first-order chi connectivity index (χ1) is 12.5. The van der Waals surface area contributed by atoms with Gasteiger partial charge in [-0.2, -0.15) is 0 Å². The van der Waals surface area contributed by atoms with Crippen molar-refractivity contribution in [2.75, 3.05) is 10.6 Å². The zero-order chi connectivity index (χ0) is 18.3. The summed E-state index contributed by atoms with van der Waals surface area (Å²) in [6, 6.07) is 12.8. The average Bonchev–Trinajstić information content (AvgIpc) is 3.29. The first-order valence-corrected chi connectivity index (χ1v) is 8.82. The zero-order valence-electron chi connectivity index (χ0n) is 14.2. The first-order valence-electron chi connectivity index (χ1n) is 8.44. The van der Waals surface area contributed by atoms with Crippen molar-refractivity contribution in [3.05, 3.63) is 59.2 Å². The fourth-order valence-corrected chi connectivity index (χ4v) is 3.53. The Labute approximate surface area is 155 Å². The minimum atomic E-state index is -0.535. The van der Waals surface area contributed by atoms with E-state index in [1.165, 1.54) is 6.92 Å². The highest BCUT2D eigenvalue weighted by Gasteiger charge is 2.52. The number of amides is 2. The van der Waals surface area contributed by atoms with Crippen LogP contribution in [0.4, 0.5) is 11.4 Å². The van der Waals surface area contributed by atoms with Crippen LogP contribution in [-0.2, 0) is 15.0 Å². The second-order valence-corrected chi connectivity index (χ2v) is 7.13. The van der Waals surface area contributed by atoms with Gasteiger partial charge in [0.25, 0.3) is 0 Å². The van der Waals surface area contributed by atoms with E-state index in [2.05, 4.69) is 15.6 Å². The Morgan fingerprint density at radius 3 is 2.50 bits per heavy atom. The van der Waals surface area contributed by atoms with Gasteiger partial charge in [0, 0.05) is 40.4 Å². The van der Waals surface area contributed by atoms with Gasteiger partial charge in [-0.15, -0.1) is 0 Å². The van der Waals surface area contributed by atoms with E-state index >= 15 is 0 Å². The lowest BCUT2D eigenvalue weighted by atomic mass is 9.94. The van der Waals surface area contributed by atoms with Crippen molar-refractivity contribution in [1.82, 2.24) is 4.98 Å². The largest absolute Gasteiger partial charge is 0.361 e. The predicted octanol–water partition coefficient (Wildman–Crippen LogP) is 4.45. The van der Waals surface area contributed by atoms with Gasteiger partial charge in [-0.25, -0.2) is 0 Å². The number of nitrogens with one attached hydrogen (secondary N) is 3. The summed E-state index contributed by atoms with van der Waals surface area (Å²) < 4.78 is 0. The lowest BCUT2D eigenvalue weighted by Crippen LogP contribution is -2.27. The number of hydrogen-bond donors (Lipinski definition) is 3. The van der Waals surface area contributed by atoms with Crippen LogP contribution in [0.5, 0.6) is 0 Å². The molecule has 4 rings (SSSR count).